The molecule has 0 unspecified atom stereocenters. The SMILES string of the molecule is Cc1ccc(OC(=O)N2CCC(C(=O)NN)CC2)cn1. The summed E-state index contributed by atoms with van der Waals surface area (Å²) in [6.07, 6.45) is 2.28. The molecule has 1 saturated heterocycles. The highest BCUT2D eigenvalue weighted by Crippen LogP contribution is 2.18. The van der Waals surface area contributed by atoms with Gasteiger partial charge in [-0.1, -0.05) is 0 Å². The van der Waals surface area contributed by atoms with Gasteiger partial charge in [-0.05, 0) is 31.9 Å². The van der Waals surface area contributed by atoms with Crippen LogP contribution in [0.1, 0.15) is 18.5 Å². The first-order valence-electron chi connectivity index (χ1n) is 6.50. The summed E-state index contributed by atoms with van der Waals surface area (Å²) < 4.78 is 5.23. The standard InChI is InChI=1S/C13H18N4O3/c1-9-2-3-11(8-15-9)20-13(19)17-6-4-10(5-7-17)12(18)16-14/h2-3,8,10H,4-7,14H2,1H3,(H,16,18). The lowest BCUT2D eigenvalue weighted by Gasteiger charge is -2.30. The Morgan fingerprint density at radius 2 is 2.10 bits per heavy atom. The van der Waals surface area contributed by atoms with Crippen LogP contribution in [0.4, 0.5) is 4.79 Å². The number of carbonyl (C=O) groups excluding carboxylic acids is 2. The summed E-state index contributed by atoms with van der Waals surface area (Å²) in [5.41, 5.74) is 3.00. The number of aromatic nitrogens is 1. The number of nitrogens with one attached hydrogen (secondary N) is 1. The van der Waals surface area contributed by atoms with Crippen molar-refractivity contribution >= 4 is 12.0 Å². The Hall–Kier alpha value is -2.15. The molecule has 0 radical (unpaired) electrons. The molecule has 1 aromatic heterocycles. The highest BCUT2D eigenvalue weighted by molar-refractivity contribution is 5.78. The van der Waals surface area contributed by atoms with Crippen molar-refractivity contribution in [3.05, 3.63) is 24.0 Å². The second kappa shape index (κ2) is 6.33. The van der Waals surface area contributed by atoms with Crippen molar-refractivity contribution in [3.8, 4) is 5.75 Å². The van der Waals surface area contributed by atoms with E-state index < -0.39 is 6.09 Å². The van der Waals surface area contributed by atoms with Crippen molar-refractivity contribution in [2.24, 2.45) is 11.8 Å². The lowest BCUT2D eigenvalue weighted by Crippen LogP contribution is -2.45. The van der Waals surface area contributed by atoms with Crippen LogP contribution in [0.2, 0.25) is 0 Å². The number of piperidine rings is 1. The Morgan fingerprint density at radius 1 is 1.40 bits per heavy atom. The van der Waals surface area contributed by atoms with Gasteiger partial charge in [-0.15, -0.1) is 0 Å². The zero-order valence-electron chi connectivity index (χ0n) is 11.3. The molecule has 1 fully saturated rings. The number of aryl methyl sites for hydroxylation is 1. The number of amides is 2. The summed E-state index contributed by atoms with van der Waals surface area (Å²) >= 11 is 0. The van der Waals surface area contributed by atoms with E-state index in [2.05, 4.69) is 10.4 Å². The van der Waals surface area contributed by atoms with Crippen molar-refractivity contribution in [1.29, 1.82) is 0 Å². The summed E-state index contributed by atoms with van der Waals surface area (Å²) in [6.45, 7) is 2.82. The van der Waals surface area contributed by atoms with Gasteiger partial charge in [-0.3, -0.25) is 15.2 Å². The summed E-state index contributed by atoms with van der Waals surface area (Å²) in [7, 11) is 0. The number of hydrazine groups is 1. The number of nitrogens with two attached hydrogens (primary N) is 1. The van der Waals surface area contributed by atoms with Crippen molar-refractivity contribution in [3.63, 3.8) is 0 Å². The maximum Gasteiger partial charge on any atom is 0.415 e. The zero-order chi connectivity index (χ0) is 14.5. The van der Waals surface area contributed by atoms with Gasteiger partial charge in [-0.2, -0.15) is 0 Å². The van der Waals surface area contributed by atoms with Crippen LogP contribution in [0.25, 0.3) is 0 Å². The van der Waals surface area contributed by atoms with Crippen LogP contribution in [0.15, 0.2) is 18.3 Å². The number of hydrogen-bond donors (Lipinski definition) is 2. The largest absolute Gasteiger partial charge is 0.415 e. The molecule has 1 aromatic rings. The minimum atomic E-state index is -0.415. The Morgan fingerprint density at radius 3 is 2.65 bits per heavy atom. The number of hydrogen-bond acceptors (Lipinski definition) is 5. The first-order valence-corrected chi connectivity index (χ1v) is 6.50. The minimum absolute atomic E-state index is 0.134. The first-order chi connectivity index (χ1) is 9.60. The lowest BCUT2D eigenvalue weighted by molar-refractivity contribution is -0.126. The molecule has 0 bridgehead atoms. The molecule has 0 aliphatic carbocycles. The quantitative estimate of drug-likeness (QED) is 0.469. The average Bonchev–Trinajstić information content (AvgIpc) is 2.49. The third kappa shape index (κ3) is 3.45. The van der Waals surface area contributed by atoms with E-state index in [0.29, 0.717) is 31.7 Å². The smallest absolute Gasteiger partial charge is 0.409 e. The van der Waals surface area contributed by atoms with Crippen LogP contribution in [-0.4, -0.2) is 35.0 Å². The molecule has 20 heavy (non-hydrogen) atoms. The third-order valence-electron chi connectivity index (χ3n) is 3.36. The topological polar surface area (TPSA) is 97.5 Å². The van der Waals surface area contributed by atoms with Gasteiger partial charge in [0.1, 0.15) is 0 Å². The van der Waals surface area contributed by atoms with E-state index in [9.17, 15) is 9.59 Å². The molecule has 2 amide bonds. The Kier molecular flexibility index (Phi) is 4.52. The average molecular weight is 278 g/mol. The van der Waals surface area contributed by atoms with Gasteiger partial charge in [0.2, 0.25) is 5.91 Å². The molecule has 0 atom stereocenters. The van der Waals surface area contributed by atoms with Crippen LogP contribution in [0.5, 0.6) is 5.75 Å². The Bertz CT molecular complexity index is 481. The van der Waals surface area contributed by atoms with E-state index in [-0.39, 0.29) is 11.8 Å². The summed E-state index contributed by atoms with van der Waals surface area (Å²) in [5.74, 6) is 5.20. The lowest BCUT2D eigenvalue weighted by atomic mass is 9.96. The van der Waals surface area contributed by atoms with Crippen LogP contribution in [-0.2, 0) is 4.79 Å². The molecule has 7 nitrogen and oxygen atoms in total. The van der Waals surface area contributed by atoms with E-state index in [1.165, 1.54) is 6.20 Å². The molecule has 0 saturated carbocycles. The molecule has 7 heteroatoms. The van der Waals surface area contributed by atoms with Crippen LogP contribution in [0.3, 0.4) is 0 Å². The Labute approximate surface area is 117 Å². The van der Waals surface area contributed by atoms with Crippen LogP contribution < -0.4 is 16.0 Å². The molecule has 1 aliphatic heterocycles. The number of rotatable bonds is 2. The highest BCUT2D eigenvalue weighted by atomic mass is 16.6. The summed E-state index contributed by atoms with van der Waals surface area (Å²) in [6, 6.07) is 3.48. The van der Waals surface area contributed by atoms with Crippen molar-refractivity contribution in [2.75, 3.05) is 13.1 Å². The fourth-order valence-electron chi connectivity index (χ4n) is 2.12. The van der Waals surface area contributed by atoms with Gasteiger partial charge in [-0.25, -0.2) is 10.6 Å². The van der Waals surface area contributed by atoms with E-state index in [1.807, 2.05) is 6.92 Å². The fraction of sp³-hybridized carbons (Fsp3) is 0.462. The normalized spacial score (nSPS) is 15.8. The second-order valence-corrected chi connectivity index (χ2v) is 4.77. The molecule has 3 N–H and O–H groups in total. The molecule has 2 heterocycles. The highest BCUT2D eigenvalue weighted by Gasteiger charge is 2.27. The van der Waals surface area contributed by atoms with Gasteiger partial charge < -0.3 is 9.64 Å². The zero-order valence-corrected chi connectivity index (χ0v) is 11.3. The predicted octanol–water partition coefficient (Wildman–Crippen LogP) is 0.591. The monoisotopic (exact) mass is 278 g/mol. The summed E-state index contributed by atoms with van der Waals surface area (Å²) in [5, 5.41) is 0. The first kappa shape index (κ1) is 14.3. The van der Waals surface area contributed by atoms with Gasteiger partial charge in [0, 0.05) is 24.7 Å². The maximum absolute atomic E-state index is 11.9. The van der Waals surface area contributed by atoms with Crippen LogP contribution in [0, 0.1) is 12.8 Å². The third-order valence-corrected chi connectivity index (χ3v) is 3.36. The van der Waals surface area contributed by atoms with E-state index in [1.54, 1.807) is 17.0 Å². The van der Waals surface area contributed by atoms with Gasteiger partial charge >= 0.3 is 6.09 Å². The number of nitrogens with zero attached hydrogens (tertiary/aromatic N) is 2. The Balaban J connectivity index is 1.85. The van der Waals surface area contributed by atoms with Crippen LogP contribution >= 0.6 is 0 Å². The summed E-state index contributed by atoms with van der Waals surface area (Å²) in [4.78, 5) is 29.0. The molecular formula is C13H18N4O3. The van der Waals surface area contributed by atoms with E-state index in [0.717, 1.165) is 5.69 Å². The minimum Gasteiger partial charge on any atom is -0.409 e. The molecular weight excluding hydrogens is 260 g/mol. The van der Waals surface area contributed by atoms with E-state index in [4.69, 9.17) is 10.6 Å². The maximum atomic E-state index is 11.9. The number of carbonyl (C=O) groups is 2. The van der Waals surface area contributed by atoms with Crippen molar-refractivity contribution in [2.45, 2.75) is 19.8 Å². The molecule has 0 spiro atoms. The molecule has 2 rings (SSSR count). The second-order valence-electron chi connectivity index (χ2n) is 4.77. The molecule has 1 aliphatic rings. The van der Waals surface area contributed by atoms with Crippen molar-refractivity contribution in [1.82, 2.24) is 15.3 Å². The van der Waals surface area contributed by atoms with Gasteiger partial charge in [0.25, 0.3) is 0 Å². The van der Waals surface area contributed by atoms with Crippen molar-refractivity contribution < 1.29 is 14.3 Å². The van der Waals surface area contributed by atoms with E-state index >= 15 is 0 Å². The fourth-order valence-corrected chi connectivity index (χ4v) is 2.12. The number of pyridine rings is 1. The predicted molar refractivity (Wildman–Crippen MR) is 71.6 cm³/mol. The molecule has 108 valence electrons. The molecule has 0 aromatic carbocycles. The van der Waals surface area contributed by atoms with Gasteiger partial charge in [0.15, 0.2) is 5.75 Å². The number of ether oxygens (including phenoxy) is 1. The number of likely N-dealkylation sites (tertiary alicyclic amines) is 1. The van der Waals surface area contributed by atoms with Gasteiger partial charge in [0.05, 0.1) is 6.20 Å².